The van der Waals surface area contributed by atoms with E-state index in [2.05, 4.69) is 20.6 Å². The third-order valence-corrected chi connectivity index (χ3v) is 2.08. The molecule has 0 aliphatic carbocycles. The third kappa shape index (κ3) is 2.19. The van der Waals surface area contributed by atoms with Crippen LogP contribution in [0.2, 0.25) is 0 Å². The highest BCUT2D eigenvalue weighted by Gasteiger charge is 2.08. The summed E-state index contributed by atoms with van der Waals surface area (Å²) in [6.45, 7) is 2.40. The third-order valence-electron chi connectivity index (χ3n) is 2.08. The largest absolute Gasteiger partial charge is 0.408 e. The van der Waals surface area contributed by atoms with Crippen LogP contribution in [0.25, 0.3) is 0 Å². The molecule has 0 atom stereocenters. The SMILES string of the molecule is Cc1nn(C)cc1Nc1nnc(CCN)o1. The van der Waals surface area contributed by atoms with Crippen molar-refractivity contribution in [1.82, 2.24) is 20.0 Å². The van der Waals surface area contributed by atoms with Crippen LogP contribution >= 0.6 is 0 Å². The van der Waals surface area contributed by atoms with Crippen LogP contribution in [-0.4, -0.2) is 26.5 Å². The zero-order valence-corrected chi connectivity index (χ0v) is 9.27. The summed E-state index contributed by atoms with van der Waals surface area (Å²) in [6, 6.07) is 0.361. The normalized spacial score (nSPS) is 10.7. The molecule has 0 spiro atoms. The Hall–Kier alpha value is -1.89. The molecule has 0 fully saturated rings. The van der Waals surface area contributed by atoms with Crippen LogP contribution in [0.4, 0.5) is 11.7 Å². The summed E-state index contributed by atoms with van der Waals surface area (Å²) in [6.07, 6.45) is 2.43. The van der Waals surface area contributed by atoms with Crippen molar-refractivity contribution in [2.45, 2.75) is 13.3 Å². The molecule has 7 heteroatoms. The summed E-state index contributed by atoms with van der Waals surface area (Å²) >= 11 is 0. The van der Waals surface area contributed by atoms with Gasteiger partial charge < -0.3 is 15.5 Å². The second kappa shape index (κ2) is 4.31. The Bertz CT molecular complexity index is 474. The van der Waals surface area contributed by atoms with Gasteiger partial charge >= 0.3 is 6.01 Å². The van der Waals surface area contributed by atoms with Crippen LogP contribution in [-0.2, 0) is 13.5 Å². The van der Waals surface area contributed by atoms with E-state index in [0.717, 1.165) is 11.4 Å². The van der Waals surface area contributed by atoms with E-state index in [4.69, 9.17) is 10.2 Å². The molecule has 2 aromatic heterocycles. The quantitative estimate of drug-likeness (QED) is 0.775. The van der Waals surface area contributed by atoms with Gasteiger partial charge in [0.25, 0.3) is 0 Å². The van der Waals surface area contributed by atoms with E-state index in [9.17, 15) is 0 Å². The number of nitrogens with zero attached hydrogens (tertiary/aromatic N) is 4. The molecule has 0 aliphatic rings. The summed E-state index contributed by atoms with van der Waals surface area (Å²) in [5.74, 6) is 0.534. The number of aryl methyl sites for hydroxylation is 2. The maximum absolute atomic E-state index is 5.39. The molecule has 2 rings (SSSR count). The highest BCUT2D eigenvalue weighted by molar-refractivity contribution is 5.53. The minimum Gasteiger partial charge on any atom is -0.408 e. The lowest BCUT2D eigenvalue weighted by Gasteiger charge is -1.96. The highest BCUT2D eigenvalue weighted by Crippen LogP contribution is 2.17. The van der Waals surface area contributed by atoms with Gasteiger partial charge in [-0.15, -0.1) is 5.10 Å². The van der Waals surface area contributed by atoms with E-state index in [1.54, 1.807) is 4.68 Å². The molecule has 0 aliphatic heterocycles. The molecule has 3 N–H and O–H groups in total. The first-order chi connectivity index (χ1) is 7.69. The van der Waals surface area contributed by atoms with Gasteiger partial charge in [-0.25, -0.2) is 0 Å². The van der Waals surface area contributed by atoms with E-state index < -0.39 is 0 Å². The lowest BCUT2D eigenvalue weighted by atomic mass is 10.4. The fraction of sp³-hybridized carbons (Fsp3) is 0.444. The second-order valence-corrected chi connectivity index (χ2v) is 3.47. The van der Waals surface area contributed by atoms with E-state index >= 15 is 0 Å². The minimum atomic E-state index is 0.361. The summed E-state index contributed by atoms with van der Waals surface area (Å²) in [4.78, 5) is 0. The van der Waals surface area contributed by atoms with E-state index in [0.29, 0.717) is 24.9 Å². The first-order valence-corrected chi connectivity index (χ1v) is 4.98. The van der Waals surface area contributed by atoms with Crippen LogP contribution in [0, 0.1) is 6.92 Å². The number of nitrogens with one attached hydrogen (secondary N) is 1. The summed E-state index contributed by atoms with van der Waals surface area (Å²) in [7, 11) is 1.85. The first kappa shape index (κ1) is 10.6. The Morgan fingerprint density at radius 2 is 2.31 bits per heavy atom. The average molecular weight is 222 g/mol. The van der Waals surface area contributed by atoms with Crippen LogP contribution < -0.4 is 11.1 Å². The van der Waals surface area contributed by atoms with Gasteiger partial charge in [0.15, 0.2) is 0 Å². The molecule has 0 aromatic carbocycles. The fourth-order valence-corrected chi connectivity index (χ4v) is 1.37. The van der Waals surface area contributed by atoms with Gasteiger partial charge in [-0.2, -0.15) is 5.10 Å². The van der Waals surface area contributed by atoms with Crippen molar-refractivity contribution in [1.29, 1.82) is 0 Å². The molecule has 0 unspecified atom stereocenters. The maximum Gasteiger partial charge on any atom is 0.320 e. The van der Waals surface area contributed by atoms with Crippen molar-refractivity contribution in [3.63, 3.8) is 0 Å². The van der Waals surface area contributed by atoms with Crippen molar-refractivity contribution in [2.75, 3.05) is 11.9 Å². The van der Waals surface area contributed by atoms with E-state index in [1.807, 2.05) is 20.2 Å². The van der Waals surface area contributed by atoms with Gasteiger partial charge in [-0.1, -0.05) is 5.10 Å². The van der Waals surface area contributed by atoms with E-state index in [-0.39, 0.29) is 0 Å². The standard InChI is InChI=1S/C9H14N6O/c1-6-7(5-15(2)14-6)11-9-13-12-8(16-9)3-4-10/h5H,3-4,10H2,1-2H3,(H,11,13). The van der Waals surface area contributed by atoms with Crippen LogP contribution in [0.15, 0.2) is 10.6 Å². The molecule has 2 aromatic rings. The van der Waals surface area contributed by atoms with Crippen LogP contribution in [0.5, 0.6) is 0 Å². The molecule has 0 amide bonds. The van der Waals surface area contributed by atoms with E-state index in [1.165, 1.54) is 0 Å². The lowest BCUT2D eigenvalue weighted by molar-refractivity contribution is 0.510. The van der Waals surface area contributed by atoms with Crippen LogP contribution in [0.1, 0.15) is 11.6 Å². The average Bonchev–Trinajstić information content (AvgIpc) is 2.76. The van der Waals surface area contributed by atoms with Gasteiger partial charge in [-0.05, 0) is 6.92 Å². The summed E-state index contributed by atoms with van der Waals surface area (Å²) in [5.41, 5.74) is 7.12. The van der Waals surface area contributed by atoms with Gasteiger partial charge in [0, 0.05) is 26.2 Å². The molecule has 16 heavy (non-hydrogen) atoms. The predicted octanol–water partition coefficient (Wildman–Crippen LogP) is 0.356. The molecule has 2 heterocycles. The Labute approximate surface area is 92.6 Å². The molecule has 0 bridgehead atoms. The molecule has 0 saturated heterocycles. The Kier molecular flexibility index (Phi) is 2.86. The maximum atomic E-state index is 5.39. The predicted molar refractivity (Wildman–Crippen MR) is 58.3 cm³/mol. The Balaban J connectivity index is 2.11. The molecule has 86 valence electrons. The minimum absolute atomic E-state index is 0.361. The van der Waals surface area contributed by atoms with Crippen molar-refractivity contribution in [3.05, 3.63) is 17.8 Å². The molecular formula is C9H14N6O. The van der Waals surface area contributed by atoms with Crippen molar-refractivity contribution < 1.29 is 4.42 Å². The van der Waals surface area contributed by atoms with Gasteiger partial charge in [0.05, 0.1) is 11.4 Å². The van der Waals surface area contributed by atoms with Crippen LogP contribution in [0.3, 0.4) is 0 Å². The number of nitrogens with two attached hydrogens (primary N) is 1. The number of hydrogen-bond donors (Lipinski definition) is 2. The van der Waals surface area contributed by atoms with Gasteiger partial charge in [-0.3, -0.25) is 4.68 Å². The monoisotopic (exact) mass is 222 g/mol. The van der Waals surface area contributed by atoms with Crippen molar-refractivity contribution >= 4 is 11.7 Å². The van der Waals surface area contributed by atoms with Gasteiger partial charge in [0.2, 0.25) is 5.89 Å². The number of aromatic nitrogens is 4. The molecule has 0 radical (unpaired) electrons. The lowest BCUT2D eigenvalue weighted by Crippen LogP contribution is -2.02. The number of hydrogen-bond acceptors (Lipinski definition) is 6. The summed E-state index contributed by atoms with van der Waals surface area (Å²) in [5, 5.41) is 14.9. The van der Waals surface area contributed by atoms with Crippen molar-refractivity contribution in [2.24, 2.45) is 12.8 Å². The topological polar surface area (TPSA) is 94.8 Å². The van der Waals surface area contributed by atoms with Gasteiger partial charge in [0.1, 0.15) is 0 Å². The second-order valence-electron chi connectivity index (χ2n) is 3.47. The Morgan fingerprint density at radius 3 is 2.94 bits per heavy atom. The molecular weight excluding hydrogens is 208 g/mol. The first-order valence-electron chi connectivity index (χ1n) is 4.98. The highest BCUT2D eigenvalue weighted by atomic mass is 16.4. The number of anilines is 2. The van der Waals surface area contributed by atoms with Crippen molar-refractivity contribution in [3.8, 4) is 0 Å². The zero-order chi connectivity index (χ0) is 11.5. The number of rotatable bonds is 4. The zero-order valence-electron chi connectivity index (χ0n) is 9.27. The summed E-state index contributed by atoms with van der Waals surface area (Å²) < 4.78 is 7.06. The molecule has 7 nitrogen and oxygen atoms in total. The Morgan fingerprint density at radius 1 is 1.50 bits per heavy atom. The smallest absolute Gasteiger partial charge is 0.320 e. The molecule has 0 saturated carbocycles. The fourth-order valence-electron chi connectivity index (χ4n) is 1.37.